The van der Waals surface area contributed by atoms with Crippen molar-refractivity contribution in [3.8, 4) is 6.07 Å². The van der Waals surface area contributed by atoms with E-state index in [1.54, 1.807) is 0 Å². The molecule has 3 rings (SSSR count). The van der Waals surface area contributed by atoms with Crippen LogP contribution in [0.5, 0.6) is 0 Å². The van der Waals surface area contributed by atoms with E-state index in [-0.39, 0.29) is 47.6 Å². The Labute approximate surface area is 174 Å². The summed E-state index contributed by atoms with van der Waals surface area (Å²) < 4.78 is 22.5. The van der Waals surface area contributed by atoms with Crippen LogP contribution in [-0.4, -0.2) is 37.9 Å². The quantitative estimate of drug-likeness (QED) is 0.379. The Bertz CT molecular complexity index is 968. The maximum Gasteiger partial charge on any atom is 0.182 e. The summed E-state index contributed by atoms with van der Waals surface area (Å²) in [6.07, 6.45) is 0.509. The maximum absolute atomic E-state index is 12.9. The number of benzene rings is 1. The Balaban J connectivity index is 2.03. The molecule has 1 saturated carbocycles. The molecule has 10 heteroatoms. The minimum absolute atomic E-state index is 0.0397. The summed E-state index contributed by atoms with van der Waals surface area (Å²) in [6.45, 7) is 0. The smallest absolute Gasteiger partial charge is 0.182 e. The predicted molar refractivity (Wildman–Crippen MR) is 102 cm³/mol. The van der Waals surface area contributed by atoms with Crippen molar-refractivity contribution in [2.75, 3.05) is 0 Å². The standard InChI is InChI=1S/C19H17ClN2O6S/c20-18-12(19(25)17-14(23)2-1-3-15(17)24)5-4-10(9-29(26)27)16(18)13-8-11(6-7-21)28-22-13/h4-5,11,17H,1-3,6,8-9H2,(H,26,27)/p-1. The van der Waals surface area contributed by atoms with Crippen molar-refractivity contribution in [1.82, 2.24) is 0 Å². The SMILES string of the molecule is N#CCC1CC(c2c(CS(=O)[O-])ccc(C(=O)C3C(=O)CCCC3=O)c2Cl)=NO1. The lowest BCUT2D eigenvalue weighted by atomic mass is 9.81. The van der Waals surface area contributed by atoms with E-state index in [0.29, 0.717) is 17.7 Å². The second-order valence-corrected chi connectivity index (χ2v) is 8.10. The molecule has 8 nitrogen and oxygen atoms in total. The number of hydrogen-bond acceptors (Lipinski definition) is 8. The van der Waals surface area contributed by atoms with Gasteiger partial charge in [0, 0.05) is 36.1 Å². The van der Waals surface area contributed by atoms with Crippen molar-refractivity contribution in [1.29, 1.82) is 5.26 Å². The van der Waals surface area contributed by atoms with E-state index in [1.165, 1.54) is 12.1 Å². The summed E-state index contributed by atoms with van der Waals surface area (Å²) in [5.41, 5.74) is 0.799. The van der Waals surface area contributed by atoms with E-state index in [4.69, 9.17) is 21.7 Å². The molecule has 0 saturated heterocycles. The summed E-state index contributed by atoms with van der Waals surface area (Å²) in [7, 11) is 0. The van der Waals surface area contributed by atoms with Crippen LogP contribution in [-0.2, 0) is 31.3 Å². The molecule has 152 valence electrons. The molecule has 1 heterocycles. The van der Waals surface area contributed by atoms with E-state index in [2.05, 4.69) is 5.16 Å². The normalized spacial score (nSPS) is 20.7. The Morgan fingerprint density at radius 3 is 2.66 bits per heavy atom. The van der Waals surface area contributed by atoms with Gasteiger partial charge in [0.25, 0.3) is 0 Å². The molecule has 0 aromatic heterocycles. The van der Waals surface area contributed by atoms with Crippen LogP contribution in [0.1, 0.15) is 53.6 Å². The fraction of sp³-hybridized carbons (Fsp3) is 0.421. The fourth-order valence-electron chi connectivity index (χ4n) is 3.51. The van der Waals surface area contributed by atoms with Crippen molar-refractivity contribution >= 4 is 45.7 Å². The van der Waals surface area contributed by atoms with Crippen LogP contribution >= 0.6 is 11.6 Å². The molecule has 1 aliphatic carbocycles. The lowest BCUT2D eigenvalue weighted by molar-refractivity contribution is -0.133. The van der Waals surface area contributed by atoms with Crippen LogP contribution in [0.2, 0.25) is 5.02 Å². The summed E-state index contributed by atoms with van der Waals surface area (Å²) >= 11 is 4.04. The Morgan fingerprint density at radius 1 is 1.34 bits per heavy atom. The molecular weight excluding hydrogens is 420 g/mol. The zero-order valence-corrected chi connectivity index (χ0v) is 16.8. The van der Waals surface area contributed by atoms with Gasteiger partial charge in [0.05, 0.1) is 23.2 Å². The zero-order chi connectivity index (χ0) is 21.1. The first-order valence-electron chi connectivity index (χ1n) is 8.90. The number of oxime groups is 1. The molecule has 1 aliphatic heterocycles. The molecule has 29 heavy (non-hydrogen) atoms. The second-order valence-electron chi connectivity index (χ2n) is 6.82. The van der Waals surface area contributed by atoms with Gasteiger partial charge in [0.15, 0.2) is 17.3 Å². The number of carbonyl (C=O) groups is 3. The lowest BCUT2D eigenvalue weighted by Crippen LogP contribution is -2.35. The number of Topliss-reactive ketones (excluding diaryl/α,β-unsaturated/α-hetero) is 3. The number of nitriles is 1. The summed E-state index contributed by atoms with van der Waals surface area (Å²) in [5.74, 6) is -3.34. The third-order valence-electron chi connectivity index (χ3n) is 4.86. The van der Waals surface area contributed by atoms with Gasteiger partial charge < -0.3 is 9.39 Å². The third-order valence-corrected chi connectivity index (χ3v) is 5.80. The topological polar surface area (TPSA) is 137 Å². The minimum atomic E-state index is -2.43. The predicted octanol–water partition coefficient (Wildman–Crippen LogP) is 2.25. The summed E-state index contributed by atoms with van der Waals surface area (Å²) in [5, 5.41) is 12.7. The number of hydrogen-bond donors (Lipinski definition) is 0. The average molecular weight is 436 g/mol. The van der Waals surface area contributed by atoms with Gasteiger partial charge >= 0.3 is 0 Å². The van der Waals surface area contributed by atoms with Gasteiger partial charge in [-0.3, -0.25) is 18.6 Å². The molecule has 2 unspecified atom stereocenters. The molecule has 0 bridgehead atoms. The Hall–Kier alpha value is -2.41. The van der Waals surface area contributed by atoms with Gasteiger partial charge in [-0.05, 0) is 18.1 Å². The van der Waals surface area contributed by atoms with E-state index >= 15 is 0 Å². The molecule has 0 spiro atoms. The van der Waals surface area contributed by atoms with Crippen molar-refractivity contribution in [3.05, 3.63) is 33.8 Å². The van der Waals surface area contributed by atoms with Crippen LogP contribution in [0.3, 0.4) is 0 Å². The number of ketones is 3. The molecule has 1 aromatic carbocycles. The first-order chi connectivity index (χ1) is 13.8. The summed E-state index contributed by atoms with van der Waals surface area (Å²) in [6, 6.07) is 4.71. The first kappa shape index (κ1) is 21.3. The van der Waals surface area contributed by atoms with E-state index in [9.17, 15) is 23.1 Å². The van der Waals surface area contributed by atoms with Crippen LogP contribution < -0.4 is 0 Å². The lowest BCUT2D eigenvalue weighted by Gasteiger charge is -2.20. The largest absolute Gasteiger partial charge is 0.772 e. The highest BCUT2D eigenvalue weighted by Crippen LogP contribution is 2.33. The van der Waals surface area contributed by atoms with Crippen molar-refractivity contribution in [2.24, 2.45) is 11.1 Å². The van der Waals surface area contributed by atoms with Gasteiger partial charge in [-0.25, -0.2) is 0 Å². The van der Waals surface area contributed by atoms with Crippen molar-refractivity contribution < 1.29 is 28.0 Å². The molecule has 0 N–H and O–H groups in total. The first-order valence-corrected chi connectivity index (χ1v) is 10.5. The van der Waals surface area contributed by atoms with Crippen LogP contribution in [0.25, 0.3) is 0 Å². The van der Waals surface area contributed by atoms with Crippen LogP contribution in [0, 0.1) is 17.2 Å². The highest BCUT2D eigenvalue weighted by molar-refractivity contribution is 7.78. The Kier molecular flexibility index (Phi) is 6.57. The molecule has 0 radical (unpaired) electrons. The van der Waals surface area contributed by atoms with Gasteiger partial charge in [-0.15, -0.1) is 0 Å². The van der Waals surface area contributed by atoms with Crippen molar-refractivity contribution in [3.63, 3.8) is 0 Å². The van der Waals surface area contributed by atoms with Gasteiger partial charge in [0.2, 0.25) is 0 Å². The molecule has 1 fully saturated rings. The van der Waals surface area contributed by atoms with E-state index < -0.39 is 40.5 Å². The monoisotopic (exact) mass is 435 g/mol. The van der Waals surface area contributed by atoms with Gasteiger partial charge in [-0.1, -0.05) is 33.9 Å². The fourth-order valence-corrected chi connectivity index (χ4v) is 4.39. The average Bonchev–Trinajstić information content (AvgIpc) is 3.09. The highest BCUT2D eigenvalue weighted by Gasteiger charge is 2.38. The van der Waals surface area contributed by atoms with Crippen LogP contribution in [0.15, 0.2) is 17.3 Å². The van der Waals surface area contributed by atoms with E-state index in [0.717, 1.165) is 0 Å². The number of nitrogens with zero attached hydrogens (tertiary/aromatic N) is 2. The molecular formula is C19H16ClN2O6S-. The third kappa shape index (κ3) is 4.45. The highest BCUT2D eigenvalue weighted by atomic mass is 35.5. The van der Waals surface area contributed by atoms with Crippen LogP contribution in [0.4, 0.5) is 0 Å². The molecule has 2 aliphatic rings. The summed E-state index contributed by atoms with van der Waals surface area (Å²) in [4.78, 5) is 42.4. The van der Waals surface area contributed by atoms with Crippen molar-refractivity contribution in [2.45, 2.75) is 44.0 Å². The molecule has 0 amide bonds. The molecule has 1 aromatic rings. The molecule has 2 atom stereocenters. The zero-order valence-electron chi connectivity index (χ0n) is 15.2. The second kappa shape index (κ2) is 8.95. The Morgan fingerprint density at radius 2 is 2.03 bits per heavy atom. The van der Waals surface area contributed by atoms with Gasteiger partial charge in [-0.2, -0.15) is 5.26 Å². The minimum Gasteiger partial charge on any atom is -0.772 e. The van der Waals surface area contributed by atoms with E-state index in [1.807, 2.05) is 6.07 Å². The maximum atomic E-state index is 12.9. The number of halogens is 1. The number of carbonyl (C=O) groups excluding carboxylic acids is 3. The number of rotatable bonds is 6. The van der Waals surface area contributed by atoms with Gasteiger partial charge in [0.1, 0.15) is 12.0 Å².